The van der Waals surface area contributed by atoms with Crippen molar-refractivity contribution >= 4 is 5.91 Å². The molecule has 0 bridgehead atoms. The number of nitrogens with one attached hydrogen (secondary N) is 1. The molecule has 2 unspecified atom stereocenters. The molecule has 0 saturated carbocycles. The maximum absolute atomic E-state index is 11.5. The van der Waals surface area contributed by atoms with Crippen LogP contribution in [0.2, 0.25) is 0 Å². The molecule has 0 aromatic heterocycles. The molecule has 1 rings (SSSR count). The van der Waals surface area contributed by atoms with Gasteiger partial charge in [-0.25, -0.2) is 0 Å². The van der Waals surface area contributed by atoms with Gasteiger partial charge in [-0.3, -0.25) is 4.79 Å². The van der Waals surface area contributed by atoms with Crippen LogP contribution in [0, 0.1) is 5.92 Å². The number of rotatable bonds is 4. The minimum Gasteiger partial charge on any atom is -0.376 e. The maximum Gasteiger partial charge on any atom is 0.220 e. The zero-order valence-corrected chi connectivity index (χ0v) is 10.1. The Kier molecular flexibility index (Phi) is 5.09. The normalized spacial score (nSPS) is 31.3. The van der Waals surface area contributed by atoms with Gasteiger partial charge >= 0.3 is 0 Å². The summed E-state index contributed by atoms with van der Waals surface area (Å²) in [6.45, 7) is 7.05. The van der Waals surface area contributed by atoms with Crippen molar-refractivity contribution in [3.63, 3.8) is 0 Å². The van der Waals surface area contributed by atoms with Gasteiger partial charge in [-0.1, -0.05) is 6.92 Å². The molecule has 2 atom stereocenters. The Morgan fingerprint density at radius 3 is 2.47 bits per heavy atom. The van der Waals surface area contributed by atoms with Crippen molar-refractivity contribution in [2.75, 3.05) is 6.54 Å². The third-order valence-electron chi connectivity index (χ3n) is 2.84. The summed E-state index contributed by atoms with van der Waals surface area (Å²) in [6, 6.07) is 0. The fourth-order valence-corrected chi connectivity index (χ4v) is 2.31. The first-order valence-electron chi connectivity index (χ1n) is 6.04. The van der Waals surface area contributed by atoms with E-state index in [0.29, 0.717) is 24.5 Å². The van der Waals surface area contributed by atoms with Gasteiger partial charge in [-0.05, 0) is 39.0 Å². The number of carbonyl (C=O) groups is 1. The first kappa shape index (κ1) is 12.5. The van der Waals surface area contributed by atoms with Crippen molar-refractivity contribution < 1.29 is 9.53 Å². The van der Waals surface area contributed by atoms with E-state index in [0.717, 1.165) is 25.8 Å². The Morgan fingerprint density at radius 2 is 1.93 bits per heavy atom. The molecule has 3 heteroatoms. The van der Waals surface area contributed by atoms with Crippen molar-refractivity contribution in [2.45, 2.75) is 58.7 Å². The van der Waals surface area contributed by atoms with Crippen molar-refractivity contribution in [1.29, 1.82) is 0 Å². The van der Waals surface area contributed by atoms with Crippen LogP contribution >= 0.6 is 0 Å². The second-order valence-corrected chi connectivity index (χ2v) is 4.65. The highest BCUT2D eigenvalue weighted by molar-refractivity contribution is 5.76. The van der Waals surface area contributed by atoms with Crippen molar-refractivity contribution in [2.24, 2.45) is 5.92 Å². The van der Waals surface area contributed by atoms with Crippen molar-refractivity contribution in [1.82, 2.24) is 5.32 Å². The smallest absolute Gasteiger partial charge is 0.220 e. The minimum absolute atomic E-state index is 0.197. The van der Waals surface area contributed by atoms with Gasteiger partial charge in [0.15, 0.2) is 0 Å². The molecule has 1 aliphatic heterocycles. The molecule has 0 aromatic rings. The fourth-order valence-electron chi connectivity index (χ4n) is 2.31. The molecule has 0 aromatic carbocycles. The second kappa shape index (κ2) is 6.11. The van der Waals surface area contributed by atoms with E-state index in [4.69, 9.17) is 4.74 Å². The topological polar surface area (TPSA) is 38.3 Å². The van der Waals surface area contributed by atoms with Crippen LogP contribution in [0.4, 0.5) is 0 Å². The van der Waals surface area contributed by atoms with E-state index in [9.17, 15) is 4.79 Å². The van der Waals surface area contributed by atoms with Crippen LogP contribution in [0.1, 0.15) is 46.5 Å². The van der Waals surface area contributed by atoms with Gasteiger partial charge in [0.05, 0.1) is 12.2 Å². The Hall–Kier alpha value is -0.570. The van der Waals surface area contributed by atoms with E-state index in [-0.39, 0.29) is 5.91 Å². The maximum atomic E-state index is 11.5. The van der Waals surface area contributed by atoms with E-state index in [1.807, 2.05) is 0 Å². The first-order valence-corrected chi connectivity index (χ1v) is 6.04. The van der Waals surface area contributed by atoms with Crippen LogP contribution in [-0.4, -0.2) is 24.7 Å². The quantitative estimate of drug-likeness (QED) is 0.776. The summed E-state index contributed by atoms with van der Waals surface area (Å²) in [5.41, 5.74) is 0. The molecule has 1 saturated heterocycles. The van der Waals surface area contributed by atoms with Crippen molar-refractivity contribution in [3.8, 4) is 0 Å². The molecule has 1 N–H and O–H groups in total. The van der Waals surface area contributed by atoms with Crippen LogP contribution in [0.15, 0.2) is 0 Å². The lowest BCUT2D eigenvalue weighted by molar-refractivity contribution is -0.124. The summed E-state index contributed by atoms with van der Waals surface area (Å²) in [5, 5.41) is 2.93. The first-order chi connectivity index (χ1) is 7.11. The Morgan fingerprint density at radius 1 is 1.33 bits per heavy atom. The number of amides is 1. The molecule has 88 valence electrons. The monoisotopic (exact) mass is 213 g/mol. The molecule has 1 fully saturated rings. The van der Waals surface area contributed by atoms with Crippen LogP contribution in [-0.2, 0) is 9.53 Å². The average molecular weight is 213 g/mol. The number of hydrogen-bond donors (Lipinski definition) is 1. The van der Waals surface area contributed by atoms with E-state index < -0.39 is 0 Å². The summed E-state index contributed by atoms with van der Waals surface area (Å²) in [4.78, 5) is 11.5. The Balaban J connectivity index is 2.27. The number of hydrogen-bond acceptors (Lipinski definition) is 2. The van der Waals surface area contributed by atoms with Crippen LogP contribution in [0.25, 0.3) is 0 Å². The SMILES string of the molecule is CCCNC(=O)CC1CC(C)OC(C)C1. The van der Waals surface area contributed by atoms with Crippen LogP contribution in [0.3, 0.4) is 0 Å². The Bertz CT molecular complexity index is 196. The molecule has 1 aliphatic rings. The summed E-state index contributed by atoms with van der Waals surface area (Å²) in [7, 11) is 0. The predicted octanol–water partition coefficient (Wildman–Crippen LogP) is 2.11. The standard InChI is InChI=1S/C12H23NO2/c1-4-5-13-12(14)8-11-6-9(2)15-10(3)7-11/h9-11H,4-8H2,1-3H3,(H,13,14). The lowest BCUT2D eigenvalue weighted by atomic mass is 9.89. The van der Waals surface area contributed by atoms with Crippen molar-refractivity contribution in [3.05, 3.63) is 0 Å². The lowest BCUT2D eigenvalue weighted by Gasteiger charge is -2.31. The zero-order chi connectivity index (χ0) is 11.3. The van der Waals surface area contributed by atoms with Crippen LogP contribution in [0.5, 0.6) is 0 Å². The average Bonchev–Trinajstić information content (AvgIpc) is 2.13. The molecule has 0 spiro atoms. The largest absolute Gasteiger partial charge is 0.376 e. The number of ether oxygens (including phenoxy) is 1. The van der Waals surface area contributed by atoms with E-state index in [2.05, 4.69) is 26.1 Å². The van der Waals surface area contributed by atoms with Gasteiger partial charge in [0.2, 0.25) is 5.91 Å². The van der Waals surface area contributed by atoms with Gasteiger partial charge in [0.1, 0.15) is 0 Å². The molecule has 1 amide bonds. The van der Waals surface area contributed by atoms with E-state index in [1.54, 1.807) is 0 Å². The van der Waals surface area contributed by atoms with Gasteiger partial charge in [0, 0.05) is 13.0 Å². The second-order valence-electron chi connectivity index (χ2n) is 4.65. The predicted molar refractivity (Wildman–Crippen MR) is 60.7 cm³/mol. The van der Waals surface area contributed by atoms with E-state index in [1.165, 1.54) is 0 Å². The number of carbonyl (C=O) groups excluding carboxylic acids is 1. The summed E-state index contributed by atoms with van der Waals surface area (Å²) in [6.07, 6.45) is 4.31. The molecular formula is C12H23NO2. The fraction of sp³-hybridized carbons (Fsp3) is 0.917. The zero-order valence-electron chi connectivity index (χ0n) is 10.1. The summed E-state index contributed by atoms with van der Waals surface area (Å²) >= 11 is 0. The third kappa shape index (κ3) is 4.65. The van der Waals surface area contributed by atoms with Gasteiger partial charge in [-0.15, -0.1) is 0 Å². The molecule has 15 heavy (non-hydrogen) atoms. The highest BCUT2D eigenvalue weighted by Crippen LogP contribution is 2.26. The summed E-state index contributed by atoms with van der Waals surface area (Å²) < 4.78 is 5.65. The lowest BCUT2D eigenvalue weighted by Crippen LogP contribution is -2.33. The molecule has 0 aliphatic carbocycles. The van der Waals surface area contributed by atoms with Gasteiger partial charge < -0.3 is 10.1 Å². The van der Waals surface area contributed by atoms with Gasteiger partial charge in [-0.2, -0.15) is 0 Å². The Labute approximate surface area is 92.6 Å². The van der Waals surface area contributed by atoms with E-state index >= 15 is 0 Å². The van der Waals surface area contributed by atoms with Crippen LogP contribution < -0.4 is 5.32 Å². The molecule has 1 heterocycles. The molecule has 0 radical (unpaired) electrons. The highest BCUT2D eigenvalue weighted by Gasteiger charge is 2.25. The van der Waals surface area contributed by atoms with Gasteiger partial charge in [0.25, 0.3) is 0 Å². The molecule has 3 nitrogen and oxygen atoms in total. The highest BCUT2D eigenvalue weighted by atomic mass is 16.5. The molecular weight excluding hydrogens is 190 g/mol. The third-order valence-corrected chi connectivity index (χ3v) is 2.84. The minimum atomic E-state index is 0.197. The summed E-state index contributed by atoms with van der Waals surface area (Å²) in [5.74, 6) is 0.698.